The summed E-state index contributed by atoms with van der Waals surface area (Å²) < 4.78 is 30.3. The maximum atomic E-state index is 12.1. The number of nitrogens with zero attached hydrogens (tertiary/aromatic N) is 2. The third-order valence-electron chi connectivity index (χ3n) is 2.19. The second-order valence-electron chi connectivity index (χ2n) is 3.45. The lowest BCUT2D eigenvalue weighted by Crippen LogP contribution is -2.36. The van der Waals surface area contributed by atoms with Crippen LogP contribution < -0.4 is 0 Å². The van der Waals surface area contributed by atoms with E-state index in [0.717, 1.165) is 4.31 Å². The number of hydrogen-bond acceptors (Lipinski definition) is 5. The van der Waals surface area contributed by atoms with Crippen LogP contribution in [0.4, 0.5) is 0 Å². The molecule has 1 aromatic heterocycles. The largest absolute Gasteiger partial charge is 0.395 e. The summed E-state index contributed by atoms with van der Waals surface area (Å²) in [7, 11) is -2.15. The molecule has 1 heterocycles. The van der Waals surface area contributed by atoms with Gasteiger partial charge < -0.3 is 14.8 Å². The first-order valence-electron chi connectivity index (χ1n) is 5.14. The molecule has 0 saturated heterocycles. The number of H-pyrrole nitrogens is 1. The molecule has 8 heteroatoms. The molecule has 0 spiro atoms. The van der Waals surface area contributed by atoms with Crippen molar-refractivity contribution < 1.29 is 18.3 Å². The summed E-state index contributed by atoms with van der Waals surface area (Å²) in [4.78, 5) is 6.52. The molecule has 0 fully saturated rings. The standard InChI is InChI=1S/C9H17N3O4S/c1-8-10-7-9(11-8)17(14,15)12(3-5-13)4-6-16-2/h7,13H,3-6H2,1-2H3,(H,10,11). The van der Waals surface area contributed by atoms with Crippen molar-refractivity contribution in [3.63, 3.8) is 0 Å². The van der Waals surface area contributed by atoms with Crippen molar-refractivity contribution in [2.75, 3.05) is 33.4 Å². The van der Waals surface area contributed by atoms with E-state index >= 15 is 0 Å². The zero-order chi connectivity index (χ0) is 12.9. The van der Waals surface area contributed by atoms with E-state index in [0.29, 0.717) is 5.82 Å². The van der Waals surface area contributed by atoms with Crippen LogP contribution in [-0.4, -0.2) is 61.2 Å². The molecule has 0 atom stereocenters. The van der Waals surface area contributed by atoms with Crippen molar-refractivity contribution in [2.45, 2.75) is 11.9 Å². The third-order valence-corrected chi connectivity index (χ3v) is 4.00. The van der Waals surface area contributed by atoms with Crippen molar-refractivity contribution in [1.82, 2.24) is 14.3 Å². The van der Waals surface area contributed by atoms with Crippen molar-refractivity contribution in [2.24, 2.45) is 0 Å². The summed E-state index contributed by atoms with van der Waals surface area (Å²) in [5.41, 5.74) is 0. The van der Waals surface area contributed by atoms with E-state index in [1.54, 1.807) is 6.92 Å². The van der Waals surface area contributed by atoms with E-state index in [-0.39, 0.29) is 31.3 Å². The lowest BCUT2D eigenvalue weighted by molar-refractivity contribution is 0.168. The summed E-state index contributed by atoms with van der Waals surface area (Å²) in [6.07, 6.45) is 1.27. The molecular weight excluding hydrogens is 246 g/mol. The van der Waals surface area contributed by atoms with Gasteiger partial charge in [-0.15, -0.1) is 0 Å². The molecule has 0 aliphatic heterocycles. The molecule has 7 nitrogen and oxygen atoms in total. The SMILES string of the molecule is COCCN(CCO)S(=O)(=O)c1cnc(C)[nH]1. The Balaban J connectivity index is 2.91. The monoisotopic (exact) mass is 263 g/mol. The highest BCUT2D eigenvalue weighted by atomic mass is 32.2. The second kappa shape index (κ2) is 6.10. The molecule has 0 aliphatic carbocycles. The molecule has 0 bridgehead atoms. The molecule has 17 heavy (non-hydrogen) atoms. The van der Waals surface area contributed by atoms with Gasteiger partial charge >= 0.3 is 0 Å². The number of aromatic amines is 1. The first kappa shape index (κ1) is 14.1. The Morgan fingerprint density at radius 2 is 2.24 bits per heavy atom. The fraction of sp³-hybridized carbons (Fsp3) is 0.667. The average Bonchev–Trinajstić information content (AvgIpc) is 2.71. The van der Waals surface area contributed by atoms with E-state index < -0.39 is 10.0 Å². The van der Waals surface area contributed by atoms with Gasteiger partial charge in [0.25, 0.3) is 10.0 Å². The van der Waals surface area contributed by atoms with Crippen LogP contribution in [0.15, 0.2) is 11.2 Å². The summed E-state index contributed by atoms with van der Waals surface area (Å²) in [6, 6.07) is 0. The molecule has 98 valence electrons. The molecule has 2 N–H and O–H groups in total. The smallest absolute Gasteiger partial charge is 0.260 e. The van der Waals surface area contributed by atoms with Gasteiger partial charge in [-0.2, -0.15) is 4.31 Å². The topological polar surface area (TPSA) is 95.5 Å². The van der Waals surface area contributed by atoms with Gasteiger partial charge in [0.2, 0.25) is 0 Å². The molecule has 1 aromatic rings. The van der Waals surface area contributed by atoms with E-state index in [1.807, 2.05) is 0 Å². The fourth-order valence-corrected chi connectivity index (χ4v) is 2.70. The van der Waals surface area contributed by atoms with Gasteiger partial charge in [-0.3, -0.25) is 0 Å². The van der Waals surface area contributed by atoms with Crippen molar-refractivity contribution in [1.29, 1.82) is 0 Å². The third kappa shape index (κ3) is 3.50. The van der Waals surface area contributed by atoms with E-state index in [4.69, 9.17) is 9.84 Å². The van der Waals surface area contributed by atoms with Crippen molar-refractivity contribution in [3.05, 3.63) is 12.0 Å². The number of aliphatic hydroxyl groups excluding tert-OH is 1. The number of rotatable bonds is 7. The van der Waals surface area contributed by atoms with E-state index in [9.17, 15) is 8.42 Å². The Kier molecular flexibility index (Phi) is 5.06. The highest BCUT2D eigenvalue weighted by Crippen LogP contribution is 2.12. The average molecular weight is 263 g/mol. The lowest BCUT2D eigenvalue weighted by atomic mass is 10.6. The Hall–Kier alpha value is -0.960. The molecule has 0 radical (unpaired) electrons. The van der Waals surface area contributed by atoms with E-state index in [1.165, 1.54) is 13.3 Å². The predicted molar refractivity (Wildman–Crippen MR) is 61.0 cm³/mol. The quantitative estimate of drug-likeness (QED) is 0.681. The number of ether oxygens (including phenoxy) is 1. The molecule has 1 rings (SSSR count). The maximum absolute atomic E-state index is 12.1. The minimum Gasteiger partial charge on any atom is -0.395 e. The first-order chi connectivity index (χ1) is 8.02. The highest BCUT2D eigenvalue weighted by Gasteiger charge is 2.25. The minimum atomic E-state index is -3.64. The molecule has 0 saturated carbocycles. The van der Waals surface area contributed by atoms with Gasteiger partial charge in [0.1, 0.15) is 5.82 Å². The van der Waals surface area contributed by atoms with Gasteiger partial charge in [0.15, 0.2) is 5.03 Å². The van der Waals surface area contributed by atoms with Gasteiger partial charge in [-0.05, 0) is 6.92 Å². The molecule has 0 amide bonds. The van der Waals surface area contributed by atoms with Gasteiger partial charge in [-0.1, -0.05) is 0 Å². The van der Waals surface area contributed by atoms with Crippen LogP contribution in [0, 0.1) is 6.92 Å². The summed E-state index contributed by atoms with van der Waals surface area (Å²) in [6.45, 7) is 1.92. The highest BCUT2D eigenvalue weighted by molar-refractivity contribution is 7.89. The van der Waals surface area contributed by atoms with Crippen LogP contribution in [0.1, 0.15) is 5.82 Å². The molecule has 0 aliphatic rings. The fourth-order valence-electron chi connectivity index (χ4n) is 1.33. The molecule has 0 unspecified atom stereocenters. The number of imidazole rings is 1. The number of sulfonamides is 1. The van der Waals surface area contributed by atoms with Gasteiger partial charge in [-0.25, -0.2) is 13.4 Å². The number of hydrogen-bond donors (Lipinski definition) is 2. The van der Waals surface area contributed by atoms with Crippen LogP contribution in [0.5, 0.6) is 0 Å². The number of aromatic nitrogens is 2. The molecular formula is C9H17N3O4S. The van der Waals surface area contributed by atoms with Crippen LogP contribution in [0.25, 0.3) is 0 Å². The van der Waals surface area contributed by atoms with Crippen molar-refractivity contribution >= 4 is 10.0 Å². The molecule has 0 aromatic carbocycles. The second-order valence-corrected chi connectivity index (χ2v) is 5.36. The summed E-state index contributed by atoms with van der Waals surface area (Å²) >= 11 is 0. The number of methoxy groups -OCH3 is 1. The Morgan fingerprint density at radius 1 is 1.53 bits per heavy atom. The van der Waals surface area contributed by atoms with E-state index in [2.05, 4.69) is 9.97 Å². The summed E-state index contributed by atoms with van der Waals surface area (Å²) in [5, 5.41) is 8.91. The first-order valence-corrected chi connectivity index (χ1v) is 6.58. The zero-order valence-corrected chi connectivity index (χ0v) is 10.7. The van der Waals surface area contributed by atoms with Crippen molar-refractivity contribution in [3.8, 4) is 0 Å². The van der Waals surface area contributed by atoms with Crippen LogP contribution in [0.3, 0.4) is 0 Å². The lowest BCUT2D eigenvalue weighted by Gasteiger charge is -2.19. The number of aliphatic hydroxyl groups is 1. The maximum Gasteiger partial charge on any atom is 0.260 e. The van der Waals surface area contributed by atoms with Crippen LogP contribution >= 0.6 is 0 Å². The Labute approximate surface area is 100 Å². The zero-order valence-electron chi connectivity index (χ0n) is 9.88. The van der Waals surface area contributed by atoms with Gasteiger partial charge in [0.05, 0.1) is 19.4 Å². The Bertz CT molecular complexity index is 443. The van der Waals surface area contributed by atoms with Crippen LogP contribution in [-0.2, 0) is 14.8 Å². The Morgan fingerprint density at radius 3 is 2.71 bits per heavy atom. The number of aryl methyl sites for hydroxylation is 1. The minimum absolute atomic E-state index is 0.0274. The van der Waals surface area contributed by atoms with Gasteiger partial charge in [0, 0.05) is 20.2 Å². The predicted octanol–water partition coefficient (Wildman–Crippen LogP) is -0.652. The summed E-state index contributed by atoms with van der Waals surface area (Å²) in [5.74, 6) is 0.527. The number of nitrogens with one attached hydrogen (secondary N) is 1. The normalized spacial score (nSPS) is 12.2. The van der Waals surface area contributed by atoms with Crippen LogP contribution in [0.2, 0.25) is 0 Å².